The van der Waals surface area contributed by atoms with Crippen molar-refractivity contribution in [3.8, 4) is 5.75 Å². The summed E-state index contributed by atoms with van der Waals surface area (Å²) < 4.78 is 45.6. The van der Waals surface area contributed by atoms with Gasteiger partial charge >= 0.3 is 6.36 Å². The Balaban J connectivity index is 1.75. The highest BCUT2D eigenvalue weighted by atomic mass is 19.4. The Morgan fingerprint density at radius 1 is 1.39 bits per heavy atom. The maximum atomic E-state index is 12.1. The highest BCUT2D eigenvalue weighted by molar-refractivity contribution is 5.28. The Labute approximate surface area is 133 Å². The quantitative estimate of drug-likeness (QED) is 0.827. The van der Waals surface area contributed by atoms with Gasteiger partial charge in [0.25, 0.3) is 0 Å². The fourth-order valence-corrected chi connectivity index (χ4v) is 2.38. The number of likely N-dealkylation sites (N-methyl/N-ethyl adjacent to an activating group) is 1. The SMILES string of the molecule is CN1CCO[C@H](CNC[C@H](O)c2ccc(OC(F)(F)F)cc2)C1. The van der Waals surface area contributed by atoms with Crippen molar-refractivity contribution in [1.29, 1.82) is 0 Å². The van der Waals surface area contributed by atoms with Crippen LogP contribution in [0.5, 0.6) is 5.75 Å². The standard InChI is InChI=1S/C15H21F3N2O3/c1-20-6-7-22-13(10-20)8-19-9-14(21)11-2-4-12(5-3-11)23-15(16,17)18/h2-5,13-14,19,21H,6-10H2,1H3/t13-,14+/m1/s1. The Morgan fingerprint density at radius 2 is 2.09 bits per heavy atom. The van der Waals surface area contributed by atoms with E-state index in [0.717, 1.165) is 13.1 Å². The lowest BCUT2D eigenvalue weighted by Gasteiger charge is -2.30. The molecule has 0 amide bonds. The second-order valence-electron chi connectivity index (χ2n) is 5.55. The smallest absolute Gasteiger partial charge is 0.406 e. The summed E-state index contributed by atoms with van der Waals surface area (Å²) in [5.41, 5.74) is 0.522. The van der Waals surface area contributed by atoms with Gasteiger partial charge in [-0.1, -0.05) is 12.1 Å². The van der Waals surface area contributed by atoms with Crippen LogP contribution in [0.3, 0.4) is 0 Å². The van der Waals surface area contributed by atoms with Gasteiger partial charge in [-0.2, -0.15) is 0 Å². The molecule has 1 aliphatic heterocycles. The fraction of sp³-hybridized carbons (Fsp3) is 0.600. The molecule has 1 heterocycles. The van der Waals surface area contributed by atoms with E-state index >= 15 is 0 Å². The molecule has 1 fully saturated rings. The number of aliphatic hydroxyl groups excluding tert-OH is 1. The van der Waals surface area contributed by atoms with Crippen molar-refractivity contribution in [1.82, 2.24) is 10.2 Å². The summed E-state index contributed by atoms with van der Waals surface area (Å²) in [6.07, 6.45) is -5.45. The van der Waals surface area contributed by atoms with E-state index in [1.807, 2.05) is 7.05 Å². The van der Waals surface area contributed by atoms with Crippen LogP contribution in [0.2, 0.25) is 0 Å². The molecule has 1 aromatic carbocycles. The van der Waals surface area contributed by atoms with Crippen LogP contribution in [0.25, 0.3) is 0 Å². The Hall–Kier alpha value is -1.35. The number of alkyl halides is 3. The first-order chi connectivity index (χ1) is 10.8. The summed E-state index contributed by atoms with van der Waals surface area (Å²) in [4.78, 5) is 2.17. The average Bonchev–Trinajstić information content (AvgIpc) is 2.46. The minimum Gasteiger partial charge on any atom is -0.406 e. The Bertz CT molecular complexity index is 482. The van der Waals surface area contributed by atoms with Crippen molar-refractivity contribution >= 4 is 0 Å². The molecule has 1 saturated heterocycles. The molecular weight excluding hydrogens is 313 g/mol. The topological polar surface area (TPSA) is 54.0 Å². The first-order valence-electron chi connectivity index (χ1n) is 7.38. The molecule has 5 nitrogen and oxygen atoms in total. The van der Waals surface area contributed by atoms with Gasteiger partial charge in [0.1, 0.15) is 5.75 Å². The molecule has 0 aromatic heterocycles. The van der Waals surface area contributed by atoms with Crippen molar-refractivity contribution in [2.45, 2.75) is 18.6 Å². The van der Waals surface area contributed by atoms with E-state index in [9.17, 15) is 18.3 Å². The predicted molar refractivity (Wildman–Crippen MR) is 78.2 cm³/mol. The lowest BCUT2D eigenvalue weighted by Crippen LogP contribution is -2.45. The van der Waals surface area contributed by atoms with Crippen LogP contribution < -0.4 is 10.1 Å². The van der Waals surface area contributed by atoms with Gasteiger partial charge in [-0.15, -0.1) is 13.2 Å². The molecule has 130 valence electrons. The van der Waals surface area contributed by atoms with Gasteiger partial charge in [0.05, 0.1) is 18.8 Å². The largest absolute Gasteiger partial charge is 0.573 e. The number of nitrogens with one attached hydrogen (secondary N) is 1. The molecule has 1 aromatic rings. The number of rotatable bonds is 6. The summed E-state index contributed by atoms with van der Waals surface area (Å²) in [5, 5.41) is 13.2. The fourth-order valence-electron chi connectivity index (χ4n) is 2.38. The molecule has 23 heavy (non-hydrogen) atoms. The van der Waals surface area contributed by atoms with Crippen molar-refractivity contribution < 1.29 is 27.8 Å². The van der Waals surface area contributed by atoms with E-state index in [1.165, 1.54) is 24.3 Å². The van der Waals surface area contributed by atoms with Crippen LogP contribution in [0.1, 0.15) is 11.7 Å². The highest BCUT2D eigenvalue weighted by Crippen LogP contribution is 2.24. The number of hydrogen-bond acceptors (Lipinski definition) is 5. The molecule has 0 bridgehead atoms. The Kier molecular flexibility index (Phi) is 6.23. The van der Waals surface area contributed by atoms with E-state index < -0.39 is 12.5 Å². The van der Waals surface area contributed by atoms with Gasteiger partial charge < -0.3 is 24.8 Å². The summed E-state index contributed by atoms with van der Waals surface area (Å²) in [7, 11) is 2.02. The lowest BCUT2D eigenvalue weighted by atomic mass is 10.1. The monoisotopic (exact) mass is 334 g/mol. The van der Waals surface area contributed by atoms with Crippen LogP contribution in [0.4, 0.5) is 13.2 Å². The van der Waals surface area contributed by atoms with Crippen molar-refractivity contribution in [2.24, 2.45) is 0 Å². The van der Waals surface area contributed by atoms with Gasteiger partial charge in [0.2, 0.25) is 0 Å². The first kappa shape index (κ1) is 18.0. The average molecular weight is 334 g/mol. The third-order valence-electron chi connectivity index (χ3n) is 3.55. The van der Waals surface area contributed by atoms with E-state index in [-0.39, 0.29) is 11.9 Å². The molecule has 0 saturated carbocycles. The van der Waals surface area contributed by atoms with Crippen molar-refractivity contribution in [2.75, 3.05) is 39.8 Å². The number of benzene rings is 1. The normalized spacial score (nSPS) is 21.2. The molecule has 1 aliphatic rings. The first-order valence-corrected chi connectivity index (χ1v) is 7.38. The summed E-state index contributed by atoms with van der Waals surface area (Å²) in [5.74, 6) is -0.306. The number of nitrogens with zero attached hydrogens (tertiary/aromatic N) is 1. The highest BCUT2D eigenvalue weighted by Gasteiger charge is 2.31. The maximum absolute atomic E-state index is 12.1. The van der Waals surface area contributed by atoms with E-state index in [4.69, 9.17) is 4.74 Å². The zero-order valence-corrected chi connectivity index (χ0v) is 12.8. The number of aliphatic hydroxyl groups is 1. The summed E-state index contributed by atoms with van der Waals surface area (Å²) in [6.45, 7) is 3.32. The molecule has 2 N–H and O–H groups in total. The van der Waals surface area contributed by atoms with Crippen LogP contribution in [-0.2, 0) is 4.74 Å². The van der Waals surface area contributed by atoms with Crippen LogP contribution in [0.15, 0.2) is 24.3 Å². The van der Waals surface area contributed by atoms with Gasteiger partial charge in [0, 0.05) is 26.2 Å². The summed E-state index contributed by atoms with van der Waals surface area (Å²) >= 11 is 0. The lowest BCUT2D eigenvalue weighted by molar-refractivity contribution is -0.274. The predicted octanol–water partition coefficient (Wildman–Crippen LogP) is 1.54. The minimum atomic E-state index is -4.71. The maximum Gasteiger partial charge on any atom is 0.573 e. The number of hydrogen-bond donors (Lipinski definition) is 2. The third kappa shape index (κ3) is 6.34. The molecule has 2 atom stereocenters. The molecule has 0 unspecified atom stereocenters. The van der Waals surface area contributed by atoms with Crippen molar-refractivity contribution in [3.63, 3.8) is 0 Å². The van der Waals surface area contributed by atoms with Gasteiger partial charge in [-0.25, -0.2) is 0 Å². The number of ether oxygens (including phenoxy) is 2. The van der Waals surface area contributed by atoms with Gasteiger partial charge in [-0.05, 0) is 24.7 Å². The van der Waals surface area contributed by atoms with Crippen LogP contribution >= 0.6 is 0 Å². The summed E-state index contributed by atoms with van der Waals surface area (Å²) in [6, 6.07) is 5.20. The van der Waals surface area contributed by atoms with E-state index in [2.05, 4.69) is 15.0 Å². The molecule has 0 aliphatic carbocycles. The molecular formula is C15H21F3N2O3. The minimum absolute atomic E-state index is 0.0727. The molecule has 0 spiro atoms. The number of halogens is 3. The van der Waals surface area contributed by atoms with E-state index in [1.54, 1.807) is 0 Å². The van der Waals surface area contributed by atoms with Crippen LogP contribution in [-0.4, -0.2) is 62.3 Å². The zero-order valence-electron chi connectivity index (χ0n) is 12.8. The zero-order chi connectivity index (χ0) is 16.9. The second-order valence-corrected chi connectivity index (χ2v) is 5.55. The molecule has 2 rings (SSSR count). The van der Waals surface area contributed by atoms with Gasteiger partial charge in [-0.3, -0.25) is 0 Å². The second kappa shape index (κ2) is 7.96. The van der Waals surface area contributed by atoms with Gasteiger partial charge in [0.15, 0.2) is 0 Å². The van der Waals surface area contributed by atoms with Crippen LogP contribution in [0, 0.1) is 0 Å². The Morgan fingerprint density at radius 3 is 2.70 bits per heavy atom. The number of morpholine rings is 1. The third-order valence-corrected chi connectivity index (χ3v) is 3.55. The molecule has 0 radical (unpaired) electrons. The van der Waals surface area contributed by atoms with E-state index in [0.29, 0.717) is 25.3 Å². The van der Waals surface area contributed by atoms with Crippen molar-refractivity contribution in [3.05, 3.63) is 29.8 Å². The molecule has 8 heteroatoms.